The molecule has 18 heavy (non-hydrogen) atoms. The molecule has 2 N–H and O–H groups in total. The number of carboxylic acid groups (broad SMARTS) is 1. The first kappa shape index (κ1) is 14.6. The summed E-state index contributed by atoms with van der Waals surface area (Å²) in [5.41, 5.74) is 0.0454. The lowest BCUT2D eigenvalue weighted by Gasteiger charge is -2.11. The topological polar surface area (TPSA) is 88.5 Å². The fraction of sp³-hybridized carbons (Fsp3) is 0.545. The first-order chi connectivity index (χ1) is 8.54. The molecule has 1 heterocycles. The van der Waals surface area contributed by atoms with Crippen molar-refractivity contribution in [1.29, 1.82) is 0 Å². The monoisotopic (exact) mass is 272 g/mol. The minimum atomic E-state index is -1.04. The van der Waals surface area contributed by atoms with Crippen LogP contribution >= 0.6 is 11.3 Å². The van der Waals surface area contributed by atoms with Crippen molar-refractivity contribution in [2.24, 2.45) is 0 Å². The molecular formula is C11H16N2O4S. The summed E-state index contributed by atoms with van der Waals surface area (Å²) in [5.74, 6) is -1.21. The molecule has 6 nitrogen and oxygen atoms in total. The standard InChI is InChI=1S/C11H16N2O4S/c1-3-17-7(2)10(14)12-5-4-9-13-8(6-18-9)11(15)16/h6-7H,3-5H2,1-2H3,(H,12,14)(H,15,16)/t7-/m1/s1. The van der Waals surface area contributed by atoms with E-state index >= 15 is 0 Å². The first-order valence-electron chi connectivity index (χ1n) is 5.61. The second kappa shape index (κ2) is 7.07. The number of carbonyl (C=O) groups is 2. The van der Waals surface area contributed by atoms with E-state index in [4.69, 9.17) is 9.84 Å². The number of carbonyl (C=O) groups excluding carboxylic acids is 1. The smallest absolute Gasteiger partial charge is 0.355 e. The van der Waals surface area contributed by atoms with Crippen molar-refractivity contribution in [2.75, 3.05) is 13.2 Å². The molecular weight excluding hydrogens is 256 g/mol. The Hall–Kier alpha value is -1.47. The first-order valence-corrected chi connectivity index (χ1v) is 6.49. The molecule has 1 aromatic rings. The van der Waals surface area contributed by atoms with Gasteiger partial charge < -0.3 is 15.2 Å². The number of carboxylic acids is 1. The van der Waals surface area contributed by atoms with Gasteiger partial charge in [-0.2, -0.15) is 0 Å². The number of aromatic carboxylic acids is 1. The van der Waals surface area contributed by atoms with Crippen molar-refractivity contribution in [2.45, 2.75) is 26.4 Å². The molecule has 0 spiro atoms. The van der Waals surface area contributed by atoms with Crippen LogP contribution < -0.4 is 5.32 Å². The zero-order valence-corrected chi connectivity index (χ0v) is 11.1. The molecule has 0 aliphatic carbocycles. The van der Waals surface area contributed by atoms with Crippen LogP contribution in [0.3, 0.4) is 0 Å². The van der Waals surface area contributed by atoms with Gasteiger partial charge in [0, 0.05) is 25.0 Å². The summed E-state index contributed by atoms with van der Waals surface area (Å²) < 4.78 is 5.14. The molecule has 0 saturated carbocycles. The Morgan fingerprint density at radius 1 is 1.61 bits per heavy atom. The maximum Gasteiger partial charge on any atom is 0.355 e. The fourth-order valence-corrected chi connectivity index (χ4v) is 2.06. The SMILES string of the molecule is CCO[C@H](C)C(=O)NCCc1nc(C(=O)O)cs1. The van der Waals surface area contributed by atoms with E-state index in [2.05, 4.69) is 10.3 Å². The summed E-state index contributed by atoms with van der Waals surface area (Å²) in [5, 5.41) is 13.6. The molecule has 0 radical (unpaired) electrons. The van der Waals surface area contributed by atoms with E-state index in [1.54, 1.807) is 6.92 Å². The maximum absolute atomic E-state index is 11.5. The minimum Gasteiger partial charge on any atom is -0.476 e. The molecule has 0 aromatic carbocycles. The number of thiazole rings is 1. The number of ether oxygens (including phenoxy) is 1. The highest BCUT2D eigenvalue weighted by Gasteiger charge is 2.12. The molecule has 1 aromatic heterocycles. The van der Waals surface area contributed by atoms with Gasteiger partial charge in [-0.3, -0.25) is 4.79 Å². The van der Waals surface area contributed by atoms with Crippen molar-refractivity contribution < 1.29 is 19.4 Å². The van der Waals surface area contributed by atoms with Crippen LogP contribution in [-0.2, 0) is 16.0 Å². The van der Waals surface area contributed by atoms with Gasteiger partial charge in [0.1, 0.15) is 6.10 Å². The van der Waals surface area contributed by atoms with Crippen molar-refractivity contribution in [1.82, 2.24) is 10.3 Å². The highest BCUT2D eigenvalue weighted by atomic mass is 32.1. The third-order valence-corrected chi connectivity index (χ3v) is 3.10. The average molecular weight is 272 g/mol. The van der Waals surface area contributed by atoms with Crippen LogP contribution in [0.1, 0.15) is 29.3 Å². The van der Waals surface area contributed by atoms with E-state index < -0.39 is 12.1 Å². The number of hydrogen-bond acceptors (Lipinski definition) is 5. The quantitative estimate of drug-likeness (QED) is 0.770. The zero-order chi connectivity index (χ0) is 13.5. The highest BCUT2D eigenvalue weighted by Crippen LogP contribution is 2.09. The molecule has 1 rings (SSSR count). The van der Waals surface area contributed by atoms with Gasteiger partial charge in [-0.1, -0.05) is 0 Å². The second-order valence-corrected chi connectivity index (χ2v) is 4.51. The van der Waals surface area contributed by atoms with Crippen molar-refractivity contribution in [3.63, 3.8) is 0 Å². The van der Waals surface area contributed by atoms with E-state index in [1.807, 2.05) is 6.92 Å². The minimum absolute atomic E-state index is 0.0454. The fourth-order valence-electron chi connectivity index (χ4n) is 1.29. The normalized spacial score (nSPS) is 12.1. The lowest BCUT2D eigenvalue weighted by atomic mass is 10.3. The van der Waals surface area contributed by atoms with Crippen molar-refractivity contribution >= 4 is 23.2 Å². The molecule has 0 saturated heterocycles. The Labute approximate surface area is 109 Å². The number of nitrogens with one attached hydrogen (secondary N) is 1. The Morgan fingerprint density at radius 2 is 2.33 bits per heavy atom. The Kier molecular flexibility index (Phi) is 5.73. The van der Waals surface area contributed by atoms with E-state index in [-0.39, 0.29) is 11.6 Å². The lowest BCUT2D eigenvalue weighted by Crippen LogP contribution is -2.35. The van der Waals surface area contributed by atoms with Gasteiger partial charge in [0.2, 0.25) is 5.91 Å². The molecule has 1 atom stereocenters. The van der Waals surface area contributed by atoms with Crippen LogP contribution in [0.15, 0.2) is 5.38 Å². The Balaban J connectivity index is 2.32. The predicted octanol–water partition coefficient (Wildman–Crippen LogP) is 0.925. The number of amides is 1. The van der Waals surface area contributed by atoms with Gasteiger partial charge >= 0.3 is 5.97 Å². The highest BCUT2D eigenvalue weighted by molar-refractivity contribution is 7.09. The number of nitrogens with zero attached hydrogens (tertiary/aromatic N) is 1. The van der Waals surface area contributed by atoms with Crippen LogP contribution in [-0.4, -0.2) is 41.2 Å². The summed E-state index contributed by atoms with van der Waals surface area (Å²) in [7, 11) is 0. The molecule has 7 heteroatoms. The van der Waals surface area contributed by atoms with Gasteiger partial charge in [-0.15, -0.1) is 11.3 Å². The van der Waals surface area contributed by atoms with Gasteiger partial charge in [0.25, 0.3) is 0 Å². The zero-order valence-electron chi connectivity index (χ0n) is 10.3. The summed E-state index contributed by atoms with van der Waals surface area (Å²) in [6.45, 7) is 4.42. The van der Waals surface area contributed by atoms with Crippen molar-refractivity contribution in [3.05, 3.63) is 16.1 Å². The molecule has 0 unspecified atom stereocenters. The predicted molar refractivity (Wildman–Crippen MR) is 66.9 cm³/mol. The summed E-state index contributed by atoms with van der Waals surface area (Å²) in [4.78, 5) is 26.0. The van der Waals surface area contributed by atoms with Gasteiger partial charge in [-0.25, -0.2) is 9.78 Å². The van der Waals surface area contributed by atoms with E-state index in [9.17, 15) is 9.59 Å². The molecule has 100 valence electrons. The number of hydrogen-bond donors (Lipinski definition) is 2. The van der Waals surface area contributed by atoms with Crippen LogP contribution in [0.4, 0.5) is 0 Å². The van der Waals surface area contributed by atoms with Crippen LogP contribution in [0, 0.1) is 0 Å². The van der Waals surface area contributed by atoms with Gasteiger partial charge in [0.05, 0.1) is 5.01 Å². The molecule has 0 aliphatic heterocycles. The Morgan fingerprint density at radius 3 is 2.89 bits per heavy atom. The van der Waals surface area contributed by atoms with Crippen LogP contribution in [0.5, 0.6) is 0 Å². The molecule has 0 aliphatic rings. The molecule has 0 fully saturated rings. The summed E-state index contributed by atoms with van der Waals surface area (Å²) >= 11 is 1.27. The third-order valence-electron chi connectivity index (χ3n) is 2.19. The average Bonchev–Trinajstić information content (AvgIpc) is 2.78. The Bertz CT molecular complexity index is 419. The largest absolute Gasteiger partial charge is 0.476 e. The molecule has 0 bridgehead atoms. The molecule has 1 amide bonds. The number of rotatable bonds is 7. The van der Waals surface area contributed by atoms with E-state index in [0.29, 0.717) is 24.6 Å². The van der Waals surface area contributed by atoms with Crippen LogP contribution in [0.2, 0.25) is 0 Å². The third kappa shape index (κ3) is 4.42. The van der Waals surface area contributed by atoms with E-state index in [0.717, 1.165) is 0 Å². The maximum atomic E-state index is 11.5. The second-order valence-electron chi connectivity index (χ2n) is 3.57. The summed E-state index contributed by atoms with van der Waals surface area (Å²) in [6, 6.07) is 0. The lowest BCUT2D eigenvalue weighted by molar-refractivity contribution is -0.131. The van der Waals surface area contributed by atoms with Gasteiger partial charge in [-0.05, 0) is 13.8 Å². The summed E-state index contributed by atoms with van der Waals surface area (Å²) in [6.07, 6.45) is 0.0450. The van der Waals surface area contributed by atoms with E-state index in [1.165, 1.54) is 16.7 Å². The van der Waals surface area contributed by atoms with Gasteiger partial charge in [0.15, 0.2) is 5.69 Å². The van der Waals surface area contributed by atoms with Crippen molar-refractivity contribution in [3.8, 4) is 0 Å². The van der Waals surface area contributed by atoms with Crippen LogP contribution in [0.25, 0.3) is 0 Å². The number of aromatic nitrogens is 1.